The van der Waals surface area contributed by atoms with Crippen molar-refractivity contribution >= 4 is 18.4 Å². The van der Waals surface area contributed by atoms with E-state index in [0.717, 1.165) is 24.4 Å². The SMILES string of the molecule is C=N/C(=N\C(=C/C)NCCOc1ccccc1)Nc1ccc(OC)c(OCCCN2CCCC2)c1. The van der Waals surface area contributed by atoms with Gasteiger partial charge in [-0.05, 0) is 76.3 Å². The molecule has 8 heteroatoms. The zero-order valence-electron chi connectivity index (χ0n) is 20.8. The Bertz CT molecular complexity index is 972. The highest BCUT2D eigenvalue weighted by Gasteiger charge is 2.12. The minimum Gasteiger partial charge on any atom is -0.493 e. The van der Waals surface area contributed by atoms with Gasteiger partial charge in [0.05, 0.1) is 20.3 Å². The maximum absolute atomic E-state index is 6.03. The zero-order chi connectivity index (χ0) is 24.7. The van der Waals surface area contributed by atoms with E-state index in [1.165, 1.54) is 25.9 Å². The fourth-order valence-corrected chi connectivity index (χ4v) is 3.76. The lowest BCUT2D eigenvalue weighted by molar-refractivity contribution is 0.254. The second kappa shape index (κ2) is 14.7. The number of hydrogen-bond donors (Lipinski definition) is 2. The van der Waals surface area contributed by atoms with Gasteiger partial charge in [-0.25, -0.2) is 4.99 Å². The van der Waals surface area contributed by atoms with Gasteiger partial charge < -0.3 is 29.7 Å². The molecule has 0 bridgehead atoms. The molecule has 0 spiro atoms. The van der Waals surface area contributed by atoms with Crippen molar-refractivity contribution in [3.05, 3.63) is 60.4 Å². The maximum Gasteiger partial charge on any atom is 0.228 e. The first kappa shape index (κ1) is 26.1. The molecule has 0 aliphatic carbocycles. The van der Waals surface area contributed by atoms with E-state index >= 15 is 0 Å². The molecule has 2 aromatic rings. The minimum atomic E-state index is 0.375. The molecular formula is C27H37N5O3. The number of nitrogens with zero attached hydrogens (tertiary/aromatic N) is 3. The van der Waals surface area contributed by atoms with Crippen molar-refractivity contribution in [2.75, 3.05) is 51.8 Å². The molecule has 0 saturated carbocycles. The summed E-state index contributed by atoms with van der Waals surface area (Å²) in [5, 5.41) is 6.45. The van der Waals surface area contributed by atoms with Crippen LogP contribution < -0.4 is 24.8 Å². The van der Waals surface area contributed by atoms with Crippen LogP contribution >= 0.6 is 0 Å². The van der Waals surface area contributed by atoms with E-state index < -0.39 is 0 Å². The van der Waals surface area contributed by atoms with Crippen LogP contribution in [0.2, 0.25) is 0 Å². The third-order valence-corrected chi connectivity index (χ3v) is 5.56. The van der Waals surface area contributed by atoms with Gasteiger partial charge in [-0.1, -0.05) is 18.2 Å². The number of para-hydroxylation sites is 1. The molecule has 0 atom stereocenters. The highest BCUT2D eigenvalue weighted by Crippen LogP contribution is 2.30. The molecule has 0 amide bonds. The Morgan fingerprint density at radius 1 is 1.06 bits per heavy atom. The normalized spacial score (nSPS) is 14.5. The summed E-state index contributed by atoms with van der Waals surface area (Å²) in [7, 11) is 1.64. The molecule has 0 unspecified atom stereocenters. The molecule has 2 N–H and O–H groups in total. The number of methoxy groups -OCH3 is 1. The Kier molecular flexibility index (Phi) is 10.9. The molecule has 1 saturated heterocycles. The van der Waals surface area contributed by atoms with Crippen molar-refractivity contribution in [2.24, 2.45) is 9.98 Å². The molecule has 1 heterocycles. The number of likely N-dealkylation sites (tertiary alicyclic amines) is 1. The third kappa shape index (κ3) is 8.98. The van der Waals surface area contributed by atoms with Gasteiger partial charge in [-0.15, -0.1) is 0 Å². The highest BCUT2D eigenvalue weighted by atomic mass is 16.5. The van der Waals surface area contributed by atoms with Crippen LogP contribution in [0.4, 0.5) is 5.69 Å². The molecular weight excluding hydrogens is 442 g/mol. The molecule has 3 rings (SSSR count). The van der Waals surface area contributed by atoms with Crippen molar-refractivity contribution in [3.8, 4) is 17.2 Å². The molecule has 0 radical (unpaired) electrons. The predicted molar refractivity (Wildman–Crippen MR) is 143 cm³/mol. The maximum atomic E-state index is 6.03. The Hall–Kier alpha value is -3.52. The van der Waals surface area contributed by atoms with Gasteiger partial charge in [0.2, 0.25) is 5.96 Å². The number of nitrogens with one attached hydrogen (secondary N) is 2. The summed E-state index contributed by atoms with van der Waals surface area (Å²) < 4.78 is 17.2. The highest BCUT2D eigenvalue weighted by molar-refractivity contribution is 5.97. The van der Waals surface area contributed by atoms with Gasteiger partial charge in [0, 0.05) is 18.3 Å². The monoisotopic (exact) mass is 479 g/mol. The summed E-state index contributed by atoms with van der Waals surface area (Å²) in [6.45, 7) is 10.8. The van der Waals surface area contributed by atoms with Crippen molar-refractivity contribution in [2.45, 2.75) is 26.2 Å². The number of hydrogen-bond acceptors (Lipinski definition) is 6. The van der Waals surface area contributed by atoms with E-state index in [2.05, 4.69) is 32.2 Å². The van der Waals surface area contributed by atoms with Gasteiger partial charge in [0.1, 0.15) is 18.2 Å². The van der Waals surface area contributed by atoms with Gasteiger partial charge in [0.15, 0.2) is 11.5 Å². The molecule has 1 aliphatic rings. The molecule has 188 valence electrons. The summed E-state index contributed by atoms with van der Waals surface area (Å²) >= 11 is 0. The van der Waals surface area contributed by atoms with E-state index in [-0.39, 0.29) is 0 Å². The number of allylic oxidation sites excluding steroid dienone is 1. The Labute approximate surface area is 208 Å². The van der Waals surface area contributed by atoms with Gasteiger partial charge in [0.25, 0.3) is 0 Å². The lowest BCUT2D eigenvalue weighted by Gasteiger charge is -2.16. The number of rotatable bonds is 13. The van der Waals surface area contributed by atoms with Gasteiger partial charge >= 0.3 is 0 Å². The summed E-state index contributed by atoms with van der Waals surface area (Å²) in [6, 6.07) is 15.4. The lowest BCUT2D eigenvalue weighted by Crippen LogP contribution is -2.22. The Morgan fingerprint density at radius 2 is 1.86 bits per heavy atom. The first-order valence-electron chi connectivity index (χ1n) is 12.2. The van der Waals surface area contributed by atoms with Crippen molar-refractivity contribution in [1.82, 2.24) is 10.2 Å². The van der Waals surface area contributed by atoms with Gasteiger partial charge in [-0.2, -0.15) is 4.99 Å². The largest absolute Gasteiger partial charge is 0.493 e. The van der Waals surface area contributed by atoms with E-state index in [1.807, 2.05) is 61.5 Å². The first-order chi connectivity index (χ1) is 17.2. The van der Waals surface area contributed by atoms with Crippen LogP contribution in [-0.4, -0.2) is 64.1 Å². The zero-order valence-corrected chi connectivity index (χ0v) is 20.8. The number of ether oxygens (including phenoxy) is 3. The van der Waals surface area contributed by atoms with Crippen LogP contribution in [0.25, 0.3) is 0 Å². The van der Waals surface area contributed by atoms with E-state index in [1.54, 1.807) is 7.11 Å². The predicted octanol–water partition coefficient (Wildman–Crippen LogP) is 4.56. The molecule has 2 aromatic carbocycles. The number of aliphatic imine (C=N–C) groups is 2. The summed E-state index contributed by atoms with van der Waals surface area (Å²) in [5.41, 5.74) is 0.786. The summed E-state index contributed by atoms with van der Waals surface area (Å²) in [5.74, 6) is 3.26. The number of guanidine groups is 1. The van der Waals surface area contributed by atoms with Crippen LogP contribution in [0.15, 0.2) is 70.4 Å². The molecule has 35 heavy (non-hydrogen) atoms. The first-order valence-corrected chi connectivity index (χ1v) is 12.2. The average Bonchev–Trinajstić information content (AvgIpc) is 3.42. The Morgan fingerprint density at radius 3 is 2.57 bits per heavy atom. The summed E-state index contributed by atoms with van der Waals surface area (Å²) in [6.07, 6.45) is 5.45. The number of anilines is 1. The quantitative estimate of drug-likeness (QED) is 0.249. The van der Waals surface area contributed by atoms with Crippen molar-refractivity contribution in [3.63, 3.8) is 0 Å². The van der Waals surface area contributed by atoms with Gasteiger partial charge in [-0.3, -0.25) is 0 Å². The minimum absolute atomic E-state index is 0.375. The van der Waals surface area contributed by atoms with Crippen molar-refractivity contribution in [1.29, 1.82) is 0 Å². The standard InChI is InChI=1S/C27H37N5O3/c1-4-26(29-15-20-34-23-11-6-5-7-12-23)31-27(28-2)30-22-13-14-24(33-3)25(21-22)35-19-10-18-32-16-8-9-17-32/h4-7,11-14,21,29H,2,8-10,15-20H2,1,3H3,(H,30,31)/b26-4-. The van der Waals surface area contributed by atoms with E-state index in [0.29, 0.717) is 43.0 Å². The van der Waals surface area contributed by atoms with Crippen LogP contribution in [0.5, 0.6) is 17.2 Å². The smallest absolute Gasteiger partial charge is 0.228 e. The average molecular weight is 480 g/mol. The Balaban J connectivity index is 1.52. The van der Waals surface area contributed by atoms with Crippen molar-refractivity contribution < 1.29 is 14.2 Å². The number of benzene rings is 2. The second-order valence-corrected chi connectivity index (χ2v) is 8.10. The summed E-state index contributed by atoms with van der Waals surface area (Å²) in [4.78, 5) is 11.1. The lowest BCUT2D eigenvalue weighted by atomic mass is 10.2. The third-order valence-electron chi connectivity index (χ3n) is 5.56. The van der Waals surface area contributed by atoms with Crippen LogP contribution in [0.3, 0.4) is 0 Å². The fraction of sp³-hybridized carbons (Fsp3) is 0.407. The van der Waals surface area contributed by atoms with E-state index in [9.17, 15) is 0 Å². The second-order valence-electron chi connectivity index (χ2n) is 8.10. The van der Waals surface area contributed by atoms with E-state index in [4.69, 9.17) is 14.2 Å². The van der Waals surface area contributed by atoms with Crippen LogP contribution in [0.1, 0.15) is 26.2 Å². The molecule has 8 nitrogen and oxygen atoms in total. The topological polar surface area (TPSA) is 79.7 Å². The molecule has 0 aromatic heterocycles. The molecule has 1 aliphatic heterocycles. The van der Waals surface area contributed by atoms with Crippen LogP contribution in [0, 0.1) is 0 Å². The fourth-order valence-electron chi connectivity index (χ4n) is 3.76. The molecule has 1 fully saturated rings. The van der Waals surface area contributed by atoms with Crippen LogP contribution in [-0.2, 0) is 0 Å².